The summed E-state index contributed by atoms with van der Waals surface area (Å²) in [7, 11) is 4.25. The maximum absolute atomic E-state index is 6.34. The monoisotopic (exact) mass is 252 g/mol. The van der Waals surface area contributed by atoms with Crippen molar-refractivity contribution in [3.63, 3.8) is 0 Å². The molecule has 0 N–H and O–H groups in total. The molecule has 0 aromatic heterocycles. The molecule has 2 rings (SSSR count). The van der Waals surface area contributed by atoms with Crippen molar-refractivity contribution in [3.8, 4) is 0 Å². The minimum atomic E-state index is 0.432. The molecule has 2 nitrogen and oxygen atoms in total. The fraction of sp³-hybridized carbons (Fsp3) is 0.571. The number of likely N-dealkylation sites (tertiary alicyclic amines) is 1. The van der Waals surface area contributed by atoms with Crippen molar-refractivity contribution in [3.05, 3.63) is 34.9 Å². The van der Waals surface area contributed by atoms with Gasteiger partial charge < -0.3 is 4.90 Å². The Morgan fingerprint density at radius 1 is 1.24 bits per heavy atom. The average Bonchev–Trinajstić information content (AvgIpc) is 2.80. The van der Waals surface area contributed by atoms with Gasteiger partial charge in [-0.25, -0.2) is 0 Å². The molecule has 1 unspecified atom stereocenters. The first-order chi connectivity index (χ1) is 8.18. The topological polar surface area (TPSA) is 6.48 Å². The summed E-state index contributed by atoms with van der Waals surface area (Å²) in [6.45, 7) is 3.43. The Labute approximate surface area is 109 Å². The summed E-state index contributed by atoms with van der Waals surface area (Å²) in [5.74, 6) is 0. The van der Waals surface area contributed by atoms with Gasteiger partial charge in [-0.1, -0.05) is 29.8 Å². The number of nitrogens with zero attached hydrogens (tertiary/aromatic N) is 2. The van der Waals surface area contributed by atoms with E-state index >= 15 is 0 Å². The average molecular weight is 253 g/mol. The maximum atomic E-state index is 6.34. The molecular formula is C14H21ClN2. The van der Waals surface area contributed by atoms with Crippen molar-refractivity contribution < 1.29 is 0 Å². The van der Waals surface area contributed by atoms with Gasteiger partial charge in [0.2, 0.25) is 0 Å². The molecule has 1 heterocycles. The van der Waals surface area contributed by atoms with Crippen molar-refractivity contribution >= 4 is 11.6 Å². The molecule has 94 valence electrons. The van der Waals surface area contributed by atoms with E-state index in [0.717, 1.165) is 11.6 Å². The molecule has 1 aliphatic rings. The van der Waals surface area contributed by atoms with Crippen LogP contribution in [-0.4, -0.2) is 43.5 Å². The van der Waals surface area contributed by atoms with Crippen molar-refractivity contribution in [1.82, 2.24) is 9.80 Å². The molecular weight excluding hydrogens is 232 g/mol. The Hall–Kier alpha value is -0.570. The summed E-state index contributed by atoms with van der Waals surface area (Å²) in [5.41, 5.74) is 1.27. The zero-order valence-electron chi connectivity index (χ0n) is 10.7. The zero-order chi connectivity index (χ0) is 12.3. The third kappa shape index (κ3) is 3.21. The highest BCUT2D eigenvalue weighted by atomic mass is 35.5. The van der Waals surface area contributed by atoms with Gasteiger partial charge in [-0.15, -0.1) is 0 Å². The smallest absolute Gasteiger partial charge is 0.0489 e. The number of hydrogen-bond acceptors (Lipinski definition) is 2. The lowest BCUT2D eigenvalue weighted by molar-refractivity contribution is 0.196. The lowest BCUT2D eigenvalue weighted by Crippen LogP contribution is -2.33. The van der Waals surface area contributed by atoms with Gasteiger partial charge in [-0.3, -0.25) is 4.90 Å². The van der Waals surface area contributed by atoms with Crippen LogP contribution in [0.5, 0.6) is 0 Å². The Morgan fingerprint density at radius 3 is 2.47 bits per heavy atom. The fourth-order valence-electron chi connectivity index (χ4n) is 2.55. The second-order valence-corrected chi connectivity index (χ2v) is 5.45. The van der Waals surface area contributed by atoms with Crippen LogP contribution in [0.2, 0.25) is 5.02 Å². The van der Waals surface area contributed by atoms with E-state index in [0.29, 0.717) is 6.04 Å². The van der Waals surface area contributed by atoms with E-state index in [1.165, 1.54) is 31.5 Å². The molecule has 0 saturated carbocycles. The first-order valence-corrected chi connectivity index (χ1v) is 6.69. The van der Waals surface area contributed by atoms with Crippen molar-refractivity contribution in [2.24, 2.45) is 0 Å². The second-order valence-electron chi connectivity index (χ2n) is 5.04. The molecule has 0 spiro atoms. The van der Waals surface area contributed by atoms with Crippen LogP contribution in [-0.2, 0) is 0 Å². The third-order valence-corrected chi connectivity index (χ3v) is 3.73. The molecule has 1 aromatic carbocycles. The summed E-state index contributed by atoms with van der Waals surface area (Å²) in [6.07, 6.45) is 2.63. The first-order valence-electron chi connectivity index (χ1n) is 6.31. The number of likely N-dealkylation sites (N-methyl/N-ethyl adjacent to an activating group) is 1. The van der Waals surface area contributed by atoms with Gasteiger partial charge in [0.25, 0.3) is 0 Å². The fourth-order valence-corrected chi connectivity index (χ4v) is 2.82. The molecule has 1 aliphatic heterocycles. The molecule has 0 radical (unpaired) electrons. The summed E-state index contributed by atoms with van der Waals surface area (Å²) < 4.78 is 0. The number of halogens is 1. The van der Waals surface area contributed by atoms with Crippen LogP contribution in [0.15, 0.2) is 24.3 Å². The van der Waals surface area contributed by atoms with Gasteiger partial charge in [0.05, 0.1) is 0 Å². The van der Waals surface area contributed by atoms with Gasteiger partial charge in [0, 0.05) is 17.6 Å². The van der Waals surface area contributed by atoms with Gasteiger partial charge in [-0.05, 0) is 51.7 Å². The van der Waals surface area contributed by atoms with Crippen molar-refractivity contribution in [2.75, 3.05) is 33.7 Å². The molecule has 1 fully saturated rings. The first kappa shape index (κ1) is 12.9. The summed E-state index contributed by atoms with van der Waals surface area (Å²) in [4.78, 5) is 4.80. The van der Waals surface area contributed by atoms with Crippen LogP contribution in [0.1, 0.15) is 24.4 Å². The summed E-state index contributed by atoms with van der Waals surface area (Å²) in [5, 5.41) is 0.895. The highest BCUT2D eigenvalue weighted by Crippen LogP contribution is 2.30. The highest BCUT2D eigenvalue weighted by molar-refractivity contribution is 6.31. The largest absolute Gasteiger partial charge is 0.307 e. The Bertz CT molecular complexity index is 359. The van der Waals surface area contributed by atoms with E-state index in [4.69, 9.17) is 11.6 Å². The third-order valence-electron chi connectivity index (χ3n) is 3.38. The Kier molecular flexibility index (Phi) is 4.43. The quantitative estimate of drug-likeness (QED) is 0.813. The van der Waals surface area contributed by atoms with Crippen LogP contribution >= 0.6 is 11.6 Å². The predicted octanol–water partition coefficient (Wildman–Crippen LogP) is 3.04. The molecule has 0 bridgehead atoms. The summed E-state index contributed by atoms with van der Waals surface area (Å²) >= 11 is 6.34. The minimum Gasteiger partial charge on any atom is -0.307 e. The van der Waals surface area contributed by atoms with Gasteiger partial charge >= 0.3 is 0 Å². The van der Waals surface area contributed by atoms with E-state index in [1.54, 1.807) is 0 Å². The van der Waals surface area contributed by atoms with Crippen molar-refractivity contribution in [1.29, 1.82) is 0 Å². The van der Waals surface area contributed by atoms with Crippen LogP contribution < -0.4 is 0 Å². The molecule has 1 atom stereocenters. The molecule has 3 heteroatoms. The van der Waals surface area contributed by atoms with Crippen LogP contribution in [0, 0.1) is 0 Å². The van der Waals surface area contributed by atoms with Crippen LogP contribution in [0.25, 0.3) is 0 Å². The number of rotatable bonds is 4. The number of hydrogen-bond donors (Lipinski definition) is 0. The molecule has 0 amide bonds. The SMILES string of the molecule is CN(C)CC(c1ccccc1Cl)N1CCCC1. The standard InChI is InChI=1S/C14H21ClN2/c1-16(2)11-14(17-9-5-6-10-17)12-7-3-4-8-13(12)15/h3-4,7-8,14H,5-6,9-11H2,1-2H3. The van der Waals surface area contributed by atoms with Crippen molar-refractivity contribution in [2.45, 2.75) is 18.9 Å². The predicted molar refractivity (Wildman–Crippen MR) is 73.6 cm³/mol. The molecule has 17 heavy (non-hydrogen) atoms. The number of benzene rings is 1. The zero-order valence-corrected chi connectivity index (χ0v) is 11.5. The minimum absolute atomic E-state index is 0.432. The second kappa shape index (κ2) is 5.85. The lowest BCUT2D eigenvalue weighted by Gasteiger charge is -2.31. The molecule has 0 aliphatic carbocycles. The normalized spacial score (nSPS) is 18.8. The Balaban J connectivity index is 2.22. The molecule has 1 saturated heterocycles. The Morgan fingerprint density at radius 2 is 1.88 bits per heavy atom. The highest BCUT2D eigenvalue weighted by Gasteiger charge is 2.25. The van der Waals surface area contributed by atoms with Crippen LogP contribution in [0.4, 0.5) is 0 Å². The van der Waals surface area contributed by atoms with E-state index < -0.39 is 0 Å². The van der Waals surface area contributed by atoms with E-state index in [1.807, 2.05) is 12.1 Å². The van der Waals surface area contributed by atoms with E-state index in [2.05, 4.69) is 36.0 Å². The summed E-state index contributed by atoms with van der Waals surface area (Å²) in [6, 6.07) is 8.67. The van der Waals surface area contributed by atoms with Crippen LogP contribution in [0.3, 0.4) is 0 Å². The van der Waals surface area contributed by atoms with Gasteiger partial charge in [0.15, 0.2) is 0 Å². The van der Waals surface area contributed by atoms with Gasteiger partial charge in [0.1, 0.15) is 0 Å². The maximum Gasteiger partial charge on any atom is 0.0489 e. The lowest BCUT2D eigenvalue weighted by atomic mass is 10.1. The van der Waals surface area contributed by atoms with E-state index in [9.17, 15) is 0 Å². The van der Waals surface area contributed by atoms with E-state index in [-0.39, 0.29) is 0 Å². The van der Waals surface area contributed by atoms with Gasteiger partial charge in [-0.2, -0.15) is 0 Å². The molecule has 1 aromatic rings.